The molecule has 0 aromatic heterocycles. The molecule has 0 spiro atoms. The number of hydrogen-bond acceptors (Lipinski definition) is 2. The number of benzene rings is 1. The van der Waals surface area contributed by atoms with Gasteiger partial charge in [0.25, 0.3) is 0 Å². The van der Waals surface area contributed by atoms with Crippen LogP contribution < -0.4 is 10.6 Å². The van der Waals surface area contributed by atoms with Crippen molar-refractivity contribution in [1.82, 2.24) is 15.5 Å². The molecule has 0 amide bonds. The molecule has 24 heavy (non-hydrogen) atoms. The lowest BCUT2D eigenvalue weighted by molar-refractivity contribution is 0.206. The van der Waals surface area contributed by atoms with Gasteiger partial charge in [-0.15, -0.1) is 0 Å². The normalized spacial score (nSPS) is 25.5. The number of piperidine rings is 1. The topological polar surface area (TPSA) is 39.7 Å². The van der Waals surface area contributed by atoms with Gasteiger partial charge in [-0.05, 0) is 50.3 Å². The van der Waals surface area contributed by atoms with E-state index in [1.54, 1.807) is 0 Å². The number of rotatable bonds is 5. The lowest BCUT2D eigenvalue weighted by Gasteiger charge is -2.32. The van der Waals surface area contributed by atoms with Gasteiger partial charge in [0, 0.05) is 38.1 Å². The van der Waals surface area contributed by atoms with E-state index in [-0.39, 0.29) is 0 Å². The molecule has 3 rings (SSSR count). The predicted octanol–water partition coefficient (Wildman–Crippen LogP) is 2.89. The smallest absolute Gasteiger partial charge is 0.191 e. The number of aryl methyl sites for hydroxylation is 1. The van der Waals surface area contributed by atoms with Crippen molar-refractivity contribution in [2.75, 3.05) is 26.7 Å². The number of aliphatic imine (C=N–C) groups is 1. The van der Waals surface area contributed by atoms with Gasteiger partial charge >= 0.3 is 0 Å². The van der Waals surface area contributed by atoms with E-state index in [9.17, 15) is 0 Å². The van der Waals surface area contributed by atoms with Crippen LogP contribution in [-0.2, 0) is 0 Å². The summed E-state index contributed by atoms with van der Waals surface area (Å²) in [6.07, 6.45) is 4.89. The second-order valence-corrected chi connectivity index (χ2v) is 7.28. The average molecular weight is 329 g/mol. The van der Waals surface area contributed by atoms with Gasteiger partial charge in [-0.2, -0.15) is 0 Å². The molecule has 2 atom stereocenters. The van der Waals surface area contributed by atoms with Crippen LogP contribution in [0.4, 0.5) is 0 Å². The third kappa shape index (κ3) is 4.29. The molecule has 1 aliphatic carbocycles. The van der Waals surface area contributed by atoms with Crippen molar-refractivity contribution in [1.29, 1.82) is 0 Å². The molecule has 1 heterocycles. The number of hydrogen-bond donors (Lipinski definition) is 2. The van der Waals surface area contributed by atoms with Crippen LogP contribution in [0.5, 0.6) is 0 Å². The third-order valence-corrected chi connectivity index (χ3v) is 5.39. The summed E-state index contributed by atoms with van der Waals surface area (Å²) in [4.78, 5) is 7.02. The lowest BCUT2D eigenvalue weighted by Crippen LogP contribution is -2.49. The highest BCUT2D eigenvalue weighted by Crippen LogP contribution is 2.42. The van der Waals surface area contributed by atoms with Crippen molar-refractivity contribution >= 4 is 5.96 Å². The van der Waals surface area contributed by atoms with E-state index in [2.05, 4.69) is 58.6 Å². The summed E-state index contributed by atoms with van der Waals surface area (Å²) >= 11 is 0. The van der Waals surface area contributed by atoms with Crippen molar-refractivity contribution < 1.29 is 0 Å². The second-order valence-electron chi connectivity index (χ2n) is 7.28. The molecule has 2 aliphatic rings. The maximum absolute atomic E-state index is 4.45. The zero-order valence-corrected chi connectivity index (χ0v) is 15.4. The highest BCUT2D eigenvalue weighted by Gasteiger charge is 2.39. The molecule has 1 aromatic rings. The predicted molar refractivity (Wildman–Crippen MR) is 102 cm³/mol. The van der Waals surface area contributed by atoms with Crippen LogP contribution in [0.25, 0.3) is 0 Å². The van der Waals surface area contributed by atoms with Crippen LogP contribution in [0.15, 0.2) is 29.3 Å². The summed E-state index contributed by atoms with van der Waals surface area (Å²) in [5, 5.41) is 7.26. The first-order valence-corrected chi connectivity index (χ1v) is 9.49. The van der Waals surface area contributed by atoms with E-state index in [0.717, 1.165) is 5.96 Å². The molecule has 0 radical (unpaired) electrons. The first-order chi connectivity index (χ1) is 11.7. The Morgan fingerprint density at radius 1 is 1.21 bits per heavy atom. The molecule has 2 unspecified atom stereocenters. The standard InChI is InChI=1S/C20H32N4/c1-4-11-24-12-9-16(10-13-24)22-20(21-3)23-19-14-18(19)17-8-6-5-7-15(17)2/h5-8,16,18-19H,4,9-14H2,1-3H3,(H2,21,22,23). The highest BCUT2D eigenvalue weighted by molar-refractivity contribution is 5.80. The van der Waals surface area contributed by atoms with E-state index < -0.39 is 0 Å². The Hall–Kier alpha value is -1.55. The quantitative estimate of drug-likeness (QED) is 0.645. The molecule has 1 saturated heterocycles. The minimum absolute atomic E-state index is 0.525. The molecule has 4 heteroatoms. The van der Waals surface area contributed by atoms with Crippen LogP contribution in [0, 0.1) is 6.92 Å². The zero-order valence-electron chi connectivity index (χ0n) is 15.4. The Morgan fingerprint density at radius 3 is 2.62 bits per heavy atom. The maximum atomic E-state index is 4.45. The van der Waals surface area contributed by atoms with Gasteiger partial charge in [0.15, 0.2) is 5.96 Å². The van der Waals surface area contributed by atoms with Gasteiger partial charge in [0.1, 0.15) is 0 Å². The molecule has 4 nitrogen and oxygen atoms in total. The Balaban J connectivity index is 1.46. The van der Waals surface area contributed by atoms with Gasteiger partial charge in [0.05, 0.1) is 0 Å². The van der Waals surface area contributed by atoms with E-state index in [1.165, 1.54) is 56.4 Å². The molecular formula is C20H32N4. The Bertz CT molecular complexity index is 561. The Labute approximate surface area is 146 Å². The van der Waals surface area contributed by atoms with Gasteiger partial charge < -0.3 is 15.5 Å². The third-order valence-electron chi connectivity index (χ3n) is 5.39. The summed E-state index contributed by atoms with van der Waals surface area (Å²) in [5.74, 6) is 1.61. The monoisotopic (exact) mass is 328 g/mol. The van der Waals surface area contributed by atoms with Crippen molar-refractivity contribution in [3.05, 3.63) is 35.4 Å². The SMILES string of the molecule is CCCN1CCC(NC(=NC)NC2CC2c2ccccc2C)CC1. The van der Waals surface area contributed by atoms with Gasteiger partial charge in [-0.1, -0.05) is 31.2 Å². The van der Waals surface area contributed by atoms with Gasteiger partial charge in [-0.3, -0.25) is 4.99 Å². The van der Waals surface area contributed by atoms with Crippen molar-refractivity contribution in [3.63, 3.8) is 0 Å². The lowest BCUT2D eigenvalue weighted by atomic mass is 10.0. The minimum atomic E-state index is 0.525. The van der Waals surface area contributed by atoms with E-state index in [0.29, 0.717) is 18.0 Å². The Morgan fingerprint density at radius 2 is 1.96 bits per heavy atom. The van der Waals surface area contributed by atoms with E-state index >= 15 is 0 Å². The summed E-state index contributed by atoms with van der Waals surface area (Å²) in [6.45, 7) is 8.12. The van der Waals surface area contributed by atoms with E-state index in [1.807, 2.05) is 7.05 Å². The van der Waals surface area contributed by atoms with Crippen molar-refractivity contribution in [3.8, 4) is 0 Å². The molecule has 1 aliphatic heterocycles. The molecule has 0 bridgehead atoms. The van der Waals surface area contributed by atoms with Crippen LogP contribution in [0.2, 0.25) is 0 Å². The highest BCUT2D eigenvalue weighted by atomic mass is 15.2. The largest absolute Gasteiger partial charge is 0.354 e. The zero-order chi connectivity index (χ0) is 16.9. The fourth-order valence-electron chi connectivity index (χ4n) is 3.86. The molecule has 2 N–H and O–H groups in total. The number of likely N-dealkylation sites (tertiary alicyclic amines) is 1. The summed E-state index contributed by atoms with van der Waals surface area (Å²) in [5.41, 5.74) is 2.89. The van der Waals surface area contributed by atoms with Crippen LogP contribution in [0.3, 0.4) is 0 Å². The van der Waals surface area contributed by atoms with Crippen molar-refractivity contribution in [2.24, 2.45) is 4.99 Å². The fourth-order valence-corrected chi connectivity index (χ4v) is 3.86. The van der Waals surface area contributed by atoms with Crippen LogP contribution in [0.1, 0.15) is 49.7 Å². The number of nitrogens with zero attached hydrogens (tertiary/aromatic N) is 2. The average Bonchev–Trinajstić information content (AvgIpc) is 3.35. The van der Waals surface area contributed by atoms with Crippen molar-refractivity contribution in [2.45, 2.75) is 57.5 Å². The minimum Gasteiger partial charge on any atom is -0.354 e. The molecule has 2 fully saturated rings. The first kappa shape index (κ1) is 17.3. The second kappa shape index (κ2) is 8.02. The summed E-state index contributed by atoms with van der Waals surface area (Å²) < 4.78 is 0. The maximum Gasteiger partial charge on any atom is 0.191 e. The fraction of sp³-hybridized carbons (Fsp3) is 0.650. The Kier molecular flexibility index (Phi) is 5.77. The number of nitrogens with one attached hydrogen (secondary N) is 2. The summed E-state index contributed by atoms with van der Waals surface area (Å²) in [7, 11) is 1.88. The van der Waals surface area contributed by atoms with Gasteiger partial charge in [-0.25, -0.2) is 0 Å². The molecule has 1 aromatic carbocycles. The molecule has 132 valence electrons. The number of guanidine groups is 1. The van der Waals surface area contributed by atoms with E-state index in [4.69, 9.17) is 0 Å². The first-order valence-electron chi connectivity index (χ1n) is 9.49. The molecule has 1 saturated carbocycles. The van der Waals surface area contributed by atoms with Gasteiger partial charge in [0.2, 0.25) is 0 Å². The van der Waals surface area contributed by atoms with Crippen LogP contribution in [-0.4, -0.2) is 49.6 Å². The summed E-state index contributed by atoms with van der Waals surface area (Å²) in [6, 6.07) is 9.82. The van der Waals surface area contributed by atoms with Crippen LogP contribution >= 0.6 is 0 Å². The molecular weight excluding hydrogens is 296 g/mol.